The molecule has 162 valence electrons. The third-order valence-electron chi connectivity index (χ3n) is 4.82. The van der Waals surface area contributed by atoms with Gasteiger partial charge in [-0.15, -0.1) is 0 Å². The number of sulfonamides is 1. The van der Waals surface area contributed by atoms with Crippen molar-refractivity contribution >= 4 is 37.5 Å². The Balaban J connectivity index is 1.96. The topological polar surface area (TPSA) is 84.9 Å². The lowest BCUT2D eigenvalue weighted by Gasteiger charge is -2.20. The summed E-state index contributed by atoms with van der Waals surface area (Å²) in [7, 11) is -3.68. The predicted octanol–water partition coefficient (Wildman–Crippen LogP) is 4.39. The van der Waals surface area contributed by atoms with Crippen LogP contribution < -0.4 is 10.1 Å². The Labute approximate surface area is 185 Å². The van der Waals surface area contributed by atoms with Crippen molar-refractivity contribution in [3.8, 4) is 11.5 Å². The molecular formula is C21H25BrN2O5S. The zero-order valence-corrected chi connectivity index (χ0v) is 19.3. The number of hydrogen-bond donors (Lipinski definition) is 1. The van der Waals surface area contributed by atoms with Crippen LogP contribution in [0.5, 0.6) is 11.5 Å². The molecule has 1 amide bonds. The van der Waals surface area contributed by atoms with Crippen LogP contribution in [0, 0.1) is 0 Å². The van der Waals surface area contributed by atoms with Crippen LogP contribution in [0.15, 0.2) is 51.8 Å². The van der Waals surface area contributed by atoms with Gasteiger partial charge < -0.3 is 14.8 Å². The van der Waals surface area contributed by atoms with Crippen LogP contribution in [0.2, 0.25) is 0 Å². The smallest absolute Gasteiger partial charge is 0.253 e. The van der Waals surface area contributed by atoms with E-state index in [4.69, 9.17) is 9.47 Å². The summed E-state index contributed by atoms with van der Waals surface area (Å²) in [6, 6.07) is 11.7. The molecular weight excluding hydrogens is 472 g/mol. The zero-order chi connectivity index (χ0) is 21.7. The minimum atomic E-state index is -3.68. The van der Waals surface area contributed by atoms with E-state index in [-0.39, 0.29) is 16.5 Å². The van der Waals surface area contributed by atoms with Crippen molar-refractivity contribution in [2.45, 2.75) is 37.7 Å². The van der Waals surface area contributed by atoms with Crippen LogP contribution in [-0.4, -0.2) is 44.4 Å². The maximum absolute atomic E-state index is 12.9. The van der Waals surface area contributed by atoms with Crippen LogP contribution in [0.4, 0.5) is 5.69 Å². The Morgan fingerprint density at radius 3 is 2.50 bits per heavy atom. The maximum atomic E-state index is 12.9. The van der Waals surface area contributed by atoms with Crippen molar-refractivity contribution < 1.29 is 22.7 Å². The molecule has 1 fully saturated rings. The molecule has 2 aromatic rings. The number of nitrogens with zero attached hydrogens (tertiary/aromatic N) is 1. The molecule has 2 aromatic carbocycles. The Bertz CT molecular complexity index is 985. The molecule has 0 unspecified atom stereocenters. The monoisotopic (exact) mass is 496 g/mol. The summed E-state index contributed by atoms with van der Waals surface area (Å²) in [5, 5.41) is 2.79. The molecule has 0 bridgehead atoms. The van der Waals surface area contributed by atoms with Gasteiger partial charge in [-0.25, -0.2) is 8.42 Å². The summed E-state index contributed by atoms with van der Waals surface area (Å²) >= 11 is 3.38. The number of anilines is 1. The lowest BCUT2D eigenvalue weighted by molar-refractivity contribution is -0.124. The normalized spacial score (nSPS) is 16.6. The highest BCUT2D eigenvalue weighted by Crippen LogP contribution is 2.33. The fourth-order valence-electron chi connectivity index (χ4n) is 3.20. The van der Waals surface area contributed by atoms with E-state index in [9.17, 15) is 13.2 Å². The standard InChI is InChI=1S/C21H25BrN2O5S/c1-3-24(4-2)30(26,27)17-11-12-19(29-16-9-7-15(22)8-10-16)18(14-17)23-21(25)20-6-5-13-28-20/h7-12,14,20H,3-6,13H2,1-2H3,(H,23,25)/t20-/m1/s1. The molecule has 0 saturated carbocycles. The number of halogens is 1. The van der Waals surface area contributed by atoms with Gasteiger partial charge in [-0.05, 0) is 55.3 Å². The fraction of sp³-hybridized carbons (Fsp3) is 0.381. The van der Waals surface area contributed by atoms with Gasteiger partial charge in [-0.3, -0.25) is 4.79 Å². The predicted molar refractivity (Wildman–Crippen MR) is 118 cm³/mol. The first-order valence-corrected chi connectivity index (χ1v) is 12.1. The van der Waals surface area contributed by atoms with Gasteiger partial charge in [0, 0.05) is 24.2 Å². The molecule has 0 aliphatic carbocycles. The van der Waals surface area contributed by atoms with E-state index in [0.717, 1.165) is 10.9 Å². The fourth-order valence-corrected chi connectivity index (χ4v) is 4.95. The number of carbonyl (C=O) groups is 1. The molecule has 3 rings (SSSR count). The van der Waals surface area contributed by atoms with Gasteiger partial charge in [0.05, 0.1) is 10.6 Å². The van der Waals surface area contributed by atoms with Crippen molar-refractivity contribution in [3.05, 3.63) is 46.9 Å². The van der Waals surface area contributed by atoms with E-state index in [1.54, 1.807) is 32.0 Å². The Kier molecular flexibility index (Phi) is 7.51. The van der Waals surface area contributed by atoms with Gasteiger partial charge in [0.15, 0.2) is 5.75 Å². The first-order valence-electron chi connectivity index (χ1n) is 9.85. The Morgan fingerprint density at radius 2 is 1.90 bits per heavy atom. The summed E-state index contributed by atoms with van der Waals surface area (Å²) in [4.78, 5) is 12.7. The first kappa shape index (κ1) is 22.7. The maximum Gasteiger partial charge on any atom is 0.253 e. The highest BCUT2D eigenvalue weighted by Gasteiger charge is 2.27. The first-order chi connectivity index (χ1) is 14.3. The third kappa shape index (κ3) is 5.21. The number of ether oxygens (including phenoxy) is 2. The van der Waals surface area contributed by atoms with Gasteiger partial charge in [0.2, 0.25) is 10.0 Å². The van der Waals surface area contributed by atoms with Crippen molar-refractivity contribution in [1.29, 1.82) is 0 Å². The zero-order valence-electron chi connectivity index (χ0n) is 16.9. The highest BCUT2D eigenvalue weighted by molar-refractivity contribution is 9.10. The average Bonchev–Trinajstić information content (AvgIpc) is 3.26. The molecule has 1 aliphatic rings. The van der Waals surface area contributed by atoms with Crippen molar-refractivity contribution in [2.24, 2.45) is 0 Å². The lowest BCUT2D eigenvalue weighted by atomic mass is 10.2. The van der Waals surface area contributed by atoms with Crippen molar-refractivity contribution in [3.63, 3.8) is 0 Å². The summed E-state index contributed by atoms with van der Waals surface area (Å²) in [6.45, 7) is 4.82. The molecule has 0 spiro atoms. The molecule has 1 heterocycles. The molecule has 0 aromatic heterocycles. The number of hydrogen-bond acceptors (Lipinski definition) is 5. The molecule has 30 heavy (non-hydrogen) atoms. The number of amides is 1. The summed E-state index contributed by atoms with van der Waals surface area (Å²) < 4.78 is 39.5. The second-order valence-electron chi connectivity index (χ2n) is 6.79. The summed E-state index contributed by atoms with van der Waals surface area (Å²) in [5.74, 6) is 0.595. The molecule has 1 atom stereocenters. The van der Waals surface area contributed by atoms with Crippen LogP contribution in [0.25, 0.3) is 0 Å². The molecule has 9 heteroatoms. The van der Waals surface area contributed by atoms with E-state index in [0.29, 0.717) is 37.6 Å². The number of benzene rings is 2. The minimum Gasteiger partial charge on any atom is -0.455 e. The van der Waals surface area contributed by atoms with Crippen LogP contribution in [-0.2, 0) is 19.6 Å². The van der Waals surface area contributed by atoms with Gasteiger partial charge >= 0.3 is 0 Å². The molecule has 1 saturated heterocycles. The molecule has 7 nitrogen and oxygen atoms in total. The van der Waals surface area contributed by atoms with Crippen molar-refractivity contribution in [1.82, 2.24) is 4.31 Å². The summed E-state index contributed by atoms with van der Waals surface area (Å²) in [6.07, 6.45) is 0.900. The van der Waals surface area contributed by atoms with E-state index < -0.39 is 16.1 Å². The SMILES string of the molecule is CCN(CC)S(=O)(=O)c1ccc(Oc2ccc(Br)cc2)c(NC(=O)[C@H]2CCCO2)c1. The summed E-state index contributed by atoms with van der Waals surface area (Å²) in [5.41, 5.74) is 0.284. The second-order valence-corrected chi connectivity index (χ2v) is 9.65. The van der Waals surface area contributed by atoms with E-state index >= 15 is 0 Å². The quantitative estimate of drug-likeness (QED) is 0.585. The molecule has 0 radical (unpaired) electrons. The van der Waals surface area contributed by atoms with Gasteiger partial charge in [-0.2, -0.15) is 4.31 Å². The third-order valence-corrected chi connectivity index (χ3v) is 7.39. The van der Waals surface area contributed by atoms with E-state index in [1.165, 1.54) is 16.4 Å². The minimum absolute atomic E-state index is 0.0944. The number of nitrogens with one attached hydrogen (secondary N) is 1. The van der Waals surface area contributed by atoms with Crippen LogP contribution >= 0.6 is 15.9 Å². The van der Waals surface area contributed by atoms with Crippen LogP contribution in [0.3, 0.4) is 0 Å². The van der Waals surface area contributed by atoms with E-state index in [1.807, 2.05) is 12.1 Å². The molecule has 1 N–H and O–H groups in total. The Hall–Kier alpha value is -1.94. The Morgan fingerprint density at radius 1 is 1.20 bits per heavy atom. The highest BCUT2D eigenvalue weighted by atomic mass is 79.9. The lowest BCUT2D eigenvalue weighted by Crippen LogP contribution is -2.31. The van der Waals surface area contributed by atoms with Crippen molar-refractivity contribution in [2.75, 3.05) is 25.0 Å². The average molecular weight is 497 g/mol. The van der Waals surface area contributed by atoms with E-state index in [2.05, 4.69) is 21.2 Å². The number of rotatable bonds is 8. The number of carbonyl (C=O) groups excluding carboxylic acids is 1. The van der Waals surface area contributed by atoms with Gasteiger partial charge in [-0.1, -0.05) is 29.8 Å². The molecule has 1 aliphatic heterocycles. The largest absolute Gasteiger partial charge is 0.455 e. The second kappa shape index (κ2) is 9.91. The van der Waals surface area contributed by atoms with Crippen LogP contribution in [0.1, 0.15) is 26.7 Å². The van der Waals surface area contributed by atoms with Gasteiger partial charge in [0.1, 0.15) is 11.9 Å². The van der Waals surface area contributed by atoms with Gasteiger partial charge in [0.25, 0.3) is 5.91 Å².